The number of aryl methyl sites for hydroxylation is 1. The van der Waals surface area contributed by atoms with Crippen LogP contribution in [0.3, 0.4) is 0 Å². The SMILES string of the molecule is CN=C(NCCc1ccc(Cl)cc1)N1CCC(c2cnn(C)c2)C1. The molecule has 1 aromatic heterocycles. The standard InChI is InChI=1S/C18H24ClN5/c1-20-18(21-9-7-14-3-5-17(19)6-4-14)24-10-8-15(13-24)16-11-22-23(2)12-16/h3-6,11-12,15H,7-10,13H2,1-2H3,(H,20,21). The zero-order valence-corrected chi connectivity index (χ0v) is 15.0. The van der Waals surface area contributed by atoms with Crippen LogP contribution in [-0.4, -0.2) is 47.3 Å². The first kappa shape index (κ1) is 16.8. The quantitative estimate of drug-likeness (QED) is 0.684. The third-order valence-corrected chi connectivity index (χ3v) is 4.76. The molecule has 5 nitrogen and oxygen atoms in total. The van der Waals surface area contributed by atoms with Crippen molar-refractivity contribution in [1.29, 1.82) is 0 Å². The average Bonchev–Trinajstić information content (AvgIpc) is 3.22. The summed E-state index contributed by atoms with van der Waals surface area (Å²) in [6, 6.07) is 8.01. The molecule has 3 rings (SSSR count). The maximum Gasteiger partial charge on any atom is 0.193 e. The first-order valence-corrected chi connectivity index (χ1v) is 8.72. The molecule has 1 aromatic carbocycles. The molecule has 1 aliphatic heterocycles. The van der Waals surface area contributed by atoms with E-state index in [2.05, 4.69) is 38.6 Å². The number of nitrogens with one attached hydrogen (secondary N) is 1. The van der Waals surface area contributed by atoms with E-state index in [-0.39, 0.29) is 0 Å². The zero-order chi connectivity index (χ0) is 16.9. The van der Waals surface area contributed by atoms with Crippen molar-refractivity contribution in [2.24, 2.45) is 12.0 Å². The second kappa shape index (κ2) is 7.71. The Morgan fingerprint density at radius 1 is 1.38 bits per heavy atom. The molecule has 0 saturated carbocycles. The lowest BCUT2D eigenvalue weighted by Crippen LogP contribution is -2.40. The van der Waals surface area contributed by atoms with E-state index < -0.39 is 0 Å². The van der Waals surface area contributed by atoms with Crippen molar-refractivity contribution in [3.63, 3.8) is 0 Å². The largest absolute Gasteiger partial charge is 0.356 e. The van der Waals surface area contributed by atoms with Gasteiger partial charge in [-0.05, 0) is 36.1 Å². The summed E-state index contributed by atoms with van der Waals surface area (Å²) in [5.41, 5.74) is 2.59. The second-order valence-corrected chi connectivity index (χ2v) is 6.67. The van der Waals surface area contributed by atoms with Crippen molar-refractivity contribution in [3.05, 3.63) is 52.8 Å². The number of likely N-dealkylation sites (tertiary alicyclic amines) is 1. The number of aliphatic imine (C=N–C) groups is 1. The molecule has 0 amide bonds. The maximum atomic E-state index is 5.92. The van der Waals surface area contributed by atoms with Crippen molar-refractivity contribution < 1.29 is 0 Å². The minimum atomic E-state index is 0.536. The van der Waals surface area contributed by atoms with Crippen LogP contribution in [0, 0.1) is 0 Å². The number of guanidine groups is 1. The van der Waals surface area contributed by atoms with Crippen LogP contribution in [-0.2, 0) is 13.5 Å². The normalized spacial score (nSPS) is 18.2. The Labute approximate surface area is 148 Å². The van der Waals surface area contributed by atoms with Crippen molar-refractivity contribution in [2.45, 2.75) is 18.8 Å². The van der Waals surface area contributed by atoms with Gasteiger partial charge in [0.1, 0.15) is 0 Å². The van der Waals surface area contributed by atoms with Gasteiger partial charge < -0.3 is 10.2 Å². The molecule has 24 heavy (non-hydrogen) atoms. The predicted octanol–water partition coefficient (Wildman–Crippen LogP) is 2.68. The lowest BCUT2D eigenvalue weighted by atomic mass is 10.0. The summed E-state index contributed by atoms with van der Waals surface area (Å²) in [7, 11) is 3.81. The third kappa shape index (κ3) is 4.09. The molecule has 6 heteroatoms. The van der Waals surface area contributed by atoms with Crippen molar-refractivity contribution in [2.75, 3.05) is 26.7 Å². The fourth-order valence-corrected chi connectivity index (χ4v) is 3.30. The van der Waals surface area contributed by atoms with Gasteiger partial charge in [0, 0.05) is 50.9 Å². The lowest BCUT2D eigenvalue weighted by molar-refractivity contribution is 0.486. The highest BCUT2D eigenvalue weighted by atomic mass is 35.5. The highest BCUT2D eigenvalue weighted by Crippen LogP contribution is 2.26. The van der Waals surface area contributed by atoms with Gasteiger partial charge in [-0.3, -0.25) is 9.67 Å². The van der Waals surface area contributed by atoms with Crippen molar-refractivity contribution >= 4 is 17.6 Å². The smallest absolute Gasteiger partial charge is 0.193 e. The number of hydrogen-bond acceptors (Lipinski definition) is 2. The maximum absolute atomic E-state index is 5.92. The number of rotatable bonds is 4. The lowest BCUT2D eigenvalue weighted by Gasteiger charge is -2.21. The molecule has 0 radical (unpaired) electrons. The van der Waals surface area contributed by atoms with E-state index >= 15 is 0 Å². The molecule has 1 fully saturated rings. The van der Waals surface area contributed by atoms with E-state index in [0.29, 0.717) is 5.92 Å². The van der Waals surface area contributed by atoms with Gasteiger partial charge in [0.25, 0.3) is 0 Å². The predicted molar refractivity (Wildman–Crippen MR) is 98.7 cm³/mol. The molecule has 0 bridgehead atoms. The Morgan fingerprint density at radius 3 is 2.83 bits per heavy atom. The van der Waals surface area contributed by atoms with E-state index in [1.165, 1.54) is 11.1 Å². The molecule has 1 atom stereocenters. The van der Waals surface area contributed by atoms with Gasteiger partial charge in [-0.25, -0.2) is 0 Å². The highest BCUT2D eigenvalue weighted by molar-refractivity contribution is 6.30. The van der Waals surface area contributed by atoms with Crippen molar-refractivity contribution in [3.8, 4) is 0 Å². The van der Waals surface area contributed by atoms with Gasteiger partial charge >= 0.3 is 0 Å². The number of halogens is 1. The molecule has 1 N–H and O–H groups in total. The van der Waals surface area contributed by atoms with E-state index in [9.17, 15) is 0 Å². The van der Waals surface area contributed by atoms with Crippen LogP contribution < -0.4 is 5.32 Å². The van der Waals surface area contributed by atoms with Crippen LogP contribution >= 0.6 is 11.6 Å². The second-order valence-electron chi connectivity index (χ2n) is 6.23. The molecule has 2 heterocycles. The molecule has 0 spiro atoms. The topological polar surface area (TPSA) is 45.5 Å². The third-order valence-electron chi connectivity index (χ3n) is 4.51. The molecular formula is C18H24ClN5. The zero-order valence-electron chi connectivity index (χ0n) is 14.2. The molecule has 2 aromatic rings. The van der Waals surface area contributed by atoms with Crippen LogP contribution in [0.1, 0.15) is 23.5 Å². The minimum Gasteiger partial charge on any atom is -0.356 e. The van der Waals surface area contributed by atoms with Crippen LogP contribution in [0.15, 0.2) is 41.7 Å². The summed E-state index contributed by atoms with van der Waals surface area (Å²) >= 11 is 5.92. The summed E-state index contributed by atoms with van der Waals surface area (Å²) in [5, 5.41) is 8.54. The molecule has 0 aliphatic carbocycles. The van der Waals surface area contributed by atoms with Gasteiger partial charge in [0.2, 0.25) is 0 Å². The van der Waals surface area contributed by atoms with Crippen LogP contribution in [0.25, 0.3) is 0 Å². The monoisotopic (exact) mass is 345 g/mol. The number of benzene rings is 1. The van der Waals surface area contributed by atoms with Gasteiger partial charge in [0.15, 0.2) is 5.96 Å². The number of aromatic nitrogens is 2. The summed E-state index contributed by atoms with van der Waals surface area (Å²) in [6.45, 7) is 2.88. The van der Waals surface area contributed by atoms with Gasteiger partial charge in [0.05, 0.1) is 6.20 Å². The Bertz CT molecular complexity index is 692. The minimum absolute atomic E-state index is 0.536. The summed E-state index contributed by atoms with van der Waals surface area (Å²) in [5.74, 6) is 1.52. The van der Waals surface area contributed by atoms with Gasteiger partial charge in [-0.2, -0.15) is 5.10 Å². The fraction of sp³-hybridized carbons (Fsp3) is 0.444. The molecular weight excluding hydrogens is 322 g/mol. The Morgan fingerprint density at radius 2 is 2.17 bits per heavy atom. The van der Waals surface area contributed by atoms with E-state index in [0.717, 1.165) is 43.5 Å². The van der Waals surface area contributed by atoms with Gasteiger partial charge in [-0.1, -0.05) is 23.7 Å². The fourth-order valence-electron chi connectivity index (χ4n) is 3.18. The Hall–Kier alpha value is -2.01. The average molecular weight is 346 g/mol. The number of nitrogens with zero attached hydrogens (tertiary/aromatic N) is 4. The Kier molecular flexibility index (Phi) is 5.41. The molecule has 1 aliphatic rings. The van der Waals surface area contributed by atoms with Crippen LogP contribution in [0.5, 0.6) is 0 Å². The number of hydrogen-bond donors (Lipinski definition) is 1. The summed E-state index contributed by atoms with van der Waals surface area (Å²) < 4.78 is 1.87. The first-order valence-electron chi connectivity index (χ1n) is 8.34. The molecule has 1 unspecified atom stereocenters. The van der Waals surface area contributed by atoms with Gasteiger partial charge in [-0.15, -0.1) is 0 Å². The summed E-state index contributed by atoms with van der Waals surface area (Å²) in [4.78, 5) is 6.77. The van der Waals surface area contributed by atoms with Crippen molar-refractivity contribution in [1.82, 2.24) is 20.0 Å². The van der Waals surface area contributed by atoms with Crippen LogP contribution in [0.4, 0.5) is 0 Å². The van der Waals surface area contributed by atoms with E-state index in [1.54, 1.807) is 0 Å². The Balaban J connectivity index is 1.50. The summed E-state index contributed by atoms with van der Waals surface area (Å²) in [6.07, 6.45) is 6.19. The molecule has 1 saturated heterocycles. The van der Waals surface area contributed by atoms with Crippen LogP contribution in [0.2, 0.25) is 5.02 Å². The van der Waals surface area contributed by atoms with E-state index in [4.69, 9.17) is 11.6 Å². The van der Waals surface area contributed by atoms with E-state index in [1.807, 2.05) is 37.1 Å². The first-order chi connectivity index (χ1) is 11.7. The molecule has 128 valence electrons. The highest BCUT2D eigenvalue weighted by Gasteiger charge is 2.26.